The van der Waals surface area contributed by atoms with Crippen LogP contribution in [0.1, 0.15) is 16.8 Å². The van der Waals surface area contributed by atoms with E-state index in [0.29, 0.717) is 11.3 Å². The second kappa shape index (κ2) is 6.68. The fourth-order valence-corrected chi connectivity index (χ4v) is 1.25. The number of benzene rings is 1. The van der Waals surface area contributed by atoms with E-state index in [1.165, 1.54) is 19.2 Å². The molecular formula is C12H12F3NO2. The summed E-state index contributed by atoms with van der Waals surface area (Å²) in [7, 11) is 1.27. The van der Waals surface area contributed by atoms with Crippen molar-refractivity contribution < 1.29 is 22.7 Å². The summed E-state index contributed by atoms with van der Waals surface area (Å²) >= 11 is 0. The van der Waals surface area contributed by atoms with E-state index in [0.717, 1.165) is 0 Å². The van der Waals surface area contributed by atoms with Crippen LogP contribution in [-0.4, -0.2) is 19.6 Å². The average Bonchev–Trinajstić information content (AvgIpc) is 2.38. The van der Waals surface area contributed by atoms with E-state index >= 15 is 0 Å². The van der Waals surface area contributed by atoms with E-state index < -0.39 is 17.9 Å². The number of hydrogen-bond acceptors (Lipinski definition) is 3. The standard InChI is InChI=1S/C12H12F3NO2/c1-18-12(17)8-2-4-9(5-3-8)16-7-6-10(13)11(14)15/h2-5,16H,6-7H2,1H3. The molecule has 18 heavy (non-hydrogen) atoms. The molecule has 0 saturated carbocycles. The minimum Gasteiger partial charge on any atom is -0.465 e. The lowest BCUT2D eigenvalue weighted by atomic mass is 10.2. The van der Waals surface area contributed by atoms with Crippen LogP contribution < -0.4 is 5.32 Å². The van der Waals surface area contributed by atoms with Gasteiger partial charge in [-0.3, -0.25) is 0 Å². The van der Waals surface area contributed by atoms with E-state index in [4.69, 9.17) is 0 Å². The molecule has 0 fully saturated rings. The fourth-order valence-electron chi connectivity index (χ4n) is 1.25. The van der Waals surface area contributed by atoms with Crippen molar-refractivity contribution in [3.8, 4) is 0 Å². The van der Waals surface area contributed by atoms with Gasteiger partial charge in [-0.25, -0.2) is 9.18 Å². The molecule has 1 N–H and O–H groups in total. The number of carbonyl (C=O) groups excluding carboxylic acids is 1. The number of methoxy groups -OCH3 is 1. The molecule has 0 atom stereocenters. The molecule has 0 aliphatic heterocycles. The van der Waals surface area contributed by atoms with Crippen molar-refractivity contribution in [3.63, 3.8) is 0 Å². The molecule has 0 amide bonds. The molecule has 0 radical (unpaired) electrons. The van der Waals surface area contributed by atoms with Crippen LogP contribution in [0.15, 0.2) is 36.2 Å². The molecule has 0 spiro atoms. The van der Waals surface area contributed by atoms with Crippen molar-refractivity contribution in [3.05, 3.63) is 41.7 Å². The van der Waals surface area contributed by atoms with Gasteiger partial charge >= 0.3 is 12.0 Å². The summed E-state index contributed by atoms with van der Waals surface area (Å²) in [6, 6.07) is 6.21. The van der Waals surface area contributed by atoms with Crippen LogP contribution in [0.2, 0.25) is 0 Å². The maximum Gasteiger partial charge on any atom is 0.337 e. The topological polar surface area (TPSA) is 38.3 Å². The third-order valence-electron chi connectivity index (χ3n) is 2.18. The van der Waals surface area contributed by atoms with Gasteiger partial charge in [-0.1, -0.05) is 0 Å². The van der Waals surface area contributed by atoms with Crippen molar-refractivity contribution >= 4 is 11.7 Å². The Morgan fingerprint density at radius 1 is 1.22 bits per heavy atom. The van der Waals surface area contributed by atoms with Gasteiger partial charge in [0.15, 0.2) is 5.83 Å². The predicted molar refractivity (Wildman–Crippen MR) is 61.2 cm³/mol. The van der Waals surface area contributed by atoms with Crippen LogP contribution in [0.25, 0.3) is 0 Å². The highest BCUT2D eigenvalue weighted by atomic mass is 19.3. The highest BCUT2D eigenvalue weighted by molar-refractivity contribution is 5.89. The first-order valence-electron chi connectivity index (χ1n) is 5.16. The summed E-state index contributed by atoms with van der Waals surface area (Å²) in [4.78, 5) is 11.1. The molecule has 0 aromatic heterocycles. The van der Waals surface area contributed by atoms with Gasteiger partial charge in [-0.2, -0.15) is 8.78 Å². The van der Waals surface area contributed by atoms with Gasteiger partial charge in [-0.05, 0) is 24.3 Å². The Kier molecular flexibility index (Phi) is 5.23. The number of rotatable bonds is 5. The zero-order chi connectivity index (χ0) is 13.5. The molecule has 6 heteroatoms. The van der Waals surface area contributed by atoms with Crippen LogP contribution in [-0.2, 0) is 4.74 Å². The van der Waals surface area contributed by atoms with Crippen molar-refractivity contribution in [2.45, 2.75) is 6.42 Å². The first-order chi connectivity index (χ1) is 8.54. The van der Waals surface area contributed by atoms with Crippen LogP contribution in [0, 0.1) is 0 Å². The first kappa shape index (κ1) is 14.1. The summed E-state index contributed by atoms with van der Waals surface area (Å²) in [6.07, 6.45) is -2.68. The second-order valence-corrected chi connectivity index (χ2v) is 3.41. The second-order valence-electron chi connectivity index (χ2n) is 3.41. The first-order valence-corrected chi connectivity index (χ1v) is 5.16. The number of ether oxygens (including phenoxy) is 1. The Morgan fingerprint density at radius 2 is 1.83 bits per heavy atom. The van der Waals surface area contributed by atoms with E-state index in [2.05, 4.69) is 10.1 Å². The summed E-state index contributed by atoms with van der Waals surface area (Å²) in [5.74, 6) is -1.89. The van der Waals surface area contributed by atoms with Gasteiger partial charge < -0.3 is 10.1 Å². The van der Waals surface area contributed by atoms with Crippen LogP contribution in [0.5, 0.6) is 0 Å². The summed E-state index contributed by atoms with van der Waals surface area (Å²) < 4.78 is 40.5. The molecule has 3 nitrogen and oxygen atoms in total. The van der Waals surface area contributed by atoms with Crippen molar-refractivity contribution in [2.75, 3.05) is 19.0 Å². The van der Waals surface area contributed by atoms with Crippen molar-refractivity contribution in [1.82, 2.24) is 0 Å². The molecule has 0 aliphatic carbocycles. The zero-order valence-corrected chi connectivity index (χ0v) is 9.67. The number of hydrogen-bond donors (Lipinski definition) is 1. The monoisotopic (exact) mass is 259 g/mol. The van der Waals surface area contributed by atoms with Crippen LogP contribution >= 0.6 is 0 Å². The molecule has 1 aromatic rings. The molecule has 0 saturated heterocycles. The number of nitrogens with one attached hydrogen (secondary N) is 1. The lowest BCUT2D eigenvalue weighted by molar-refractivity contribution is 0.0601. The van der Waals surface area contributed by atoms with Gasteiger partial charge in [-0.15, -0.1) is 0 Å². The number of halogens is 3. The Labute approximate surface area is 102 Å². The van der Waals surface area contributed by atoms with Crippen LogP contribution in [0.4, 0.5) is 18.9 Å². The molecule has 1 rings (SSSR count). The van der Waals surface area contributed by atoms with Gasteiger partial charge in [0.25, 0.3) is 0 Å². The molecule has 98 valence electrons. The minimum absolute atomic E-state index is 0.0424. The maximum atomic E-state index is 12.5. The number of carbonyl (C=O) groups is 1. The maximum absolute atomic E-state index is 12.5. The summed E-state index contributed by atoms with van der Waals surface area (Å²) in [5.41, 5.74) is 0.985. The normalized spacial score (nSPS) is 9.78. The predicted octanol–water partition coefficient (Wildman–Crippen LogP) is 3.35. The lowest BCUT2D eigenvalue weighted by Crippen LogP contribution is -2.04. The van der Waals surface area contributed by atoms with E-state index in [9.17, 15) is 18.0 Å². The molecule has 0 unspecified atom stereocenters. The summed E-state index contributed by atoms with van der Waals surface area (Å²) in [5, 5.41) is 2.75. The van der Waals surface area contributed by atoms with Crippen molar-refractivity contribution in [2.24, 2.45) is 0 Å². The molecule has 0 bridgehead atoms. The van der Waals surface area contributed by atoms with Gasteiger partial charge in [0.2, 0.25) is 0 Å². The van der Waals surface area contributed by atoms with E-state index in [1.807, 2.05) is 0 Å². The largest absolute Gasteiger partial charge is 0.465 e. The van der Waals surface area contributed by atoms with E-state index in [-0.39, 0.29) is 13.0 Å². The Balaban J connectivity index is 2.50. The van der Waals surface area contributed by atoms with Crippen LogP contribution in [0.3, 0.4) is 0 Å². The molecule has 0 aliphatic rings. The SMILES string of the molecule is COC(=O)c1ccc(NCCC(F)=C(F)F)cc1. The smallest absolute Gasteiger partial charge is 0.337 e. The highest BCUT2D eigenvalue weighted by Gasteiger charge is 2.06. The molecular weight excluding hydrogens is 247 g/mol. The average molecular weight is 259 g/mol. The Bertz CT molecular complexity index is 439. The summed E-state index contributed by atoms with van der Waals surface area (Å²) in [6.45, 7) is 0.0424. The molecule has 1 aromatic carbocycles. The van der Waals surface area contributed by atoms with Gasteiger partial charge in [0, 0.05) is 18.7 Å². The number of anilines is 1. The quantitative estimate of drug-likeness (QED) is 0.824. The van der Waals surface area contributed by atoms with Gasteiger partial charge in [0.05, 0.1) is 12.7 Å². The lowest BCUT2D eigenvalue weighted by Gasteiger charge is -2.06. The highest BCUT2D eigenvalue weighted by Crippen LogP contribution is 2.14. The van der Waals surface area contributed by atoms with Crippen molar-refractivity contribution in [1.29, 1.82) is 0 Å². The van der Waals surface area contributed by atoms with E-state index in [1.54, 1.807) is 12.1 Å². The molecule has 0 heterocycles. The third kappa shape index (κ3) is 4.12. The number of esters is 1. The third-order valence-corrected chi connectivity index (χ3v) is 2.18. The Hall–Kier alpha value is -1.98. The fraction of sp³-hybridized carbons (Fsp3) is 0.250. The minimum atomic E-state index is -2.29. The zero-order valence-electron chi connectivity index (χ0n) is 9.67. The Morgan fingerprint density at radius 3 is 2.33 bits per heavy atom. The van der Waals surface area contributed by atoms with Gasteiger partial charge in [0.1, 0.15) is 0 Å².